The molecule has 200 valence electrons. The molecule has 0 spiro atoms. The molecule has 0 radical (unpaired) electrons. The number of nitrogens with zero attached hydrogens (tertiary/aromatic N) is 8. The zero-order valence-electron chi connectivity index (χ0n) is 22.6. The van der Waals surface area contributed by atoms with Crippen molar-refractivity contribution in [1.82, 2.24) is 24.4 Å². The van der Waals surface area contributed by atoms with Crippen LogP contribution in [-0.4, -0.2) is 38.0 Å². The van der Waals surface area contributed by atoms with Gasteiger partial charge in [0.25, 0.3) is 0 Å². The molecule has 0 saturated carbocycles. The summed E-state index contributed by atoms with van der Waals surface area (Å²) >= 11 is 0. The lowest BCUT2D eigenvalue weighted by Gasteiger charge is -2.26. The first-order chi connectivity index (χ1) is 19.2. The van der Waals surface area contributed by atoms with Crippen molar-refractivity contribution in [2.24, 2.45) is 5.41 Å². The highest BCUT2D eigenvalue weighted by molar-refractivity contribution is 5.85. The Morgan fingerprint density at radius 3 is 2.45 bits per heavy atom. The fourth-order valence-electron chi connectivity index (χ4n) is 4.30. The number of aromatic nitrogens is 5. The molecule has 5 aromatic rings. The predicted octanol–water partition coefficient (Wildman–Crippen LogP) is 5.72. The van der Waals surface area contributed by atoms with Gasteiger partial charge in [0.05, 0.1) is 59.1 Å². The van der Waals surface area contributed by atoms with Gasteiger partial charge < -0.3 is 9.64 Å². The van der Waals surface area contributed by atoms with E-state index in [1.165, 1.54) is 23.3 Å². The predicted molar refractivity (Wildman–Crippen MR) is 148 cm³/mol. The number of halogens is 1. The van der Waals surface area contributed by atoms with Crippen LogP contribution < -0.4 is 9.64 Å². The number of anilines is 1. The van der Waals surface area contributed by atoms with Crippen LogP contribution in [0.15, 0.2) is 73.4 Å². The van der Waals surface area contributed by atoms with Gasteiger partial charge in [0, 0.05) is 24.4 Å². The smallest absolute Gasteiger partial charge is 0.161 e. The molecular formula is C30H27FN8O. The lowest BCUT2D eigenvalue weighted by atomic mass is 9.98. The number of fused-ring (bicyclic) bond motifs is 1. The summed E-state index contributed by atoms with van der Waals surface area (Å²) in [6.45, 7) is 5.91. The Morgan fingerprint density at radius 2 is 1.82 bits per heavy atom. The van der Waals surface area contributed by atoms with Gasteiger partial charge in [-0.2, -0.15) is 20.7 Å². The van der Waals surface area contributed by atoms with Gasteiger partial charge in [0.2, 0.25) is 0 Å². The van der Waals surface area contributed by atoms with Gasteiger partial charge in [-0.25, -0.2) is 18.6 Å². The van der Waals surface area contributed by atoms with Crippen molar-refractivity contribution in [3.05, 3.63) is 90.4 Å². The normalized spacial score (nSPS) is 12.1. The second-order valence-corrected chi connectivity index (χ2v) is 10.2. The molecule has 0 aliphatic heterocycles. The maximum atomic E-state index is 13.3. The van der Waals surface area contributed by atoms with Gasteiger partial charge in [-0.3, -0.25) is 0 Å². The van der Waals surface area contributed by atoms with E-state index in [1.807, 2.05) is 63.4 Å². The largest absolute Gasteiger partial charge is 0.490 e. The van der Waals surface area contributed by atoms with E-state index in [0.717, 1.165) is 28.2 Å². The number of hydrogen-bond acceptors (Lipinski definition) is 7. The molecule has 40 heavy (non-hydrogen) atoms. The molecule has 0 fully saturated rings. The van der Waals surface area contributed by atoms with E-state index in [9.17, 15) is 14.9 Å². The molecule has 0 amide bonds. The zero-order valence-corrected chi connectivity index (χ0v) is 22.6. The summed E-state index contributed by atoms with van der Waals surface area (Å²) in [5, 5.41) is 27.3. The van der Waals surface area contributed by atoms with Crippen molar-refractivity contribution in [2.75, 3.05) is 18.6 Å². The molecule has 4 aromatic heterocycles. The minimum absolute atomic E-state index is 0.00806. The molecule has 10 heteroatoms. The van der Waals surface area contributed by atoms with Gasteiger partial charge in [-0.15, -0.1) is 0 Å². The number of pyridine rings is 2. The molecule has 1 atom stereocenters. The van der Waals surface area contributed by atoms with Crippen LogP contribution in [0.5, 0.6) is 5.75 Å². The van der Waals surface area contributed by atoms with Crippen LogP contribution in [0.2, 0.25) is 0 Å². The summed E-state index contributed by atoms with van der Waals surface area (Å²) in [5.74, 6) is 0.920. The summed E-state index contributed by atoms with van der Waals surface area (Å²) in [6, 6.07) is 18.0. The molecule has 0 aliphatic carbocycles. The van der Waals surface area contributed by atoms with Gasteiger partial charge in [-0.05, 0) is 56.7 Å². The van der Waals surface area contributed by atoms with Crippen molar-refractivity contribution in [2.45, 2.75) is 26.8 Å². The third-order valence-corrected chi connectivity index (χ3v) is 6.80. The fraction of sp³-hybridized carbons (Fsp3) is 0.233. The second-order valence-electron chi connectivity index (χ2n) is 10.2. The quantitative estimate of drug-likeness (QED) is 0.251. The Kier molecular flexibility index (Phi) is 6.93. The topological polar surface area (TPSA) is 108 Å². The van der Waals surface area contributed by atoms with Crippen LogP contribution in [0.4, 0.5) is 10.2 Å². The molecule has 4 heterocycles. The van der Waals surface area contributed by atoms with E-state index in [4.69, 9.17) is 9.72 Å². The highest BCUT2D eigenvalue weighted by Crippen LogP contribution is 2.33. The summed E-state index contributed by atoms with van der Waals surface area (Å²) in [6.07, 6.45) is 7.51. The average molecular weight is 535 g/mol. The standard InChI is InChI=1S/C30H27FN8O/c1-20(21-5-8-25(9-6-21)38-16-24(31)15-36-38)37(4)28-10-7-22(13-34-28)27-11-26(40-19-30(2,3)18-33)17-39-29(27)23(12-32)14-35-39/h5-11,13-17,20H,19H2,1-4H3. The average Bonchev–Trinajstić information content (AvgIpc) is 3.61. The minimum atomic E-state index is -0.654. The Morgan fingerprint density at radius 1 is 1.05 bits per heavy atom. The van der Waals surface area contributed by atoms with Crippen molar-refractivity contribution >= 4 is 11.3 Å². The van der Waals surface area contributed by atoms with Crippen LogP contribution in [0.25, 0.3) is 22.3 Å². The lowest BCUT2D eigenvalue weighted by molar-refractivity contribution is 0.226. The molecule has 0 aliphatic rings. The second kappa shape index (κ2) is 10.5. The van der Waals surface area contributed by atoms with Crippen molar-refractivity contribution in [3.8, 4) is 34.7 Å². The van der Waals surface area contributed by atoms with E-state index in [2.05, 4.69) is 34.2 Å². The molecule has 9 nitrogen and oxygen atoms in total. The SMILES string of the molecule is CC(c1ccc(-n2cc(F)cn2)cc1)N(C)c1ccc(-c2cc(OCC(C)(C)C#N)cn3ncc(C#N)c23)cn1. The Bertz CT molecular complexity index is 1740. The summed E-state index contributed by atoms with van der Waals surface area (Å²) < 4.78 is 22.4. The molecule has 0 bridgehead atoms. The number of rotatable bonds is 8. The first-order valence-electron chi connectivity index (χ1n) is 12.6. The van der Waals surface area contributed by atoms with Gasteiger partial charge in [0.1, 0.15) is 24.2 Å². The molecule has 5 rings (SSSR count). The van der Waals surface area contributed by atoms with E-state index < -0.39 is 5.41 Å². The fourth-order valence-corrected chi connectivity index (χ4v) is 4.30. The van der Waals surface area contributed by atoms with Crippen LogP contribution in [0.3, 0.4) is 0 Å². The lowest BCUT2D eigenvalue weighted by Crippen LogP contribution is -2.22. The van der Waals surface area contributed by atoms with E-state index in [0.29, 0.717) is 16.8 Å². The first-order valence-corrected chi connectivity index (χ1v) is 12.6. The Balaban J connectivity index is 1.40. The minimum Gasteiger partial charge on any atom is -0.490 e. The number of nitriles is 2. The highest BCUT2D eigenvalue weighted by Gasteiger charge is 2.20. The Hall–Kier alpha value is -5.22. The van der Waals surface area contributed by atoms with E-state index in [1.54, 1.807) is 16.9 Å². The maximum Gasteiger partial charge on any atom is 0.161 e. The summed E-state index contributed by atoms with van der Waals surface area (Å²) in [5.41, 5.74) is 3.83. The third-order valence-electron chi connectivity index (χ3n) is 6.80. The molecule has 1 unspecified atom stereocenters. The van der Waals surface area contributed by atoms with Crippen LogP contribution in [0.1, 0.15) is 37.9 Å². The van der Waals surface area contributed by atoms with Crippen molar-refractivity contribution in [1.29, 1.82) is 10.5 Å². The molecule has 1 aromatic carbocycles. The Labute approximate surface area is 231 Å². The van der Waals surface area contributed by atoms with Gasteiger partial charge in [0.15, 0.2) is 5.82 Å². The van der Waals surface area contributed by atoms with Crippen LogP contribution in [0, 0.1) is 33.9 Å². The zero-order chi connectivity index (χ0) is 28.4. The van der Waals surface area contributed by atoms with E-state index >= 15 is 0 Å². The molecule has 0 N–H and O–H groups in total. The number of benzene rings is 1. The van der Waals surface area contributed by atoms with Crippen molar-refractivity contribution < 1.29 is 9.13 Å². The summed E-state index contributed by atoms with van der Waals surface area (Å²) in [7, 11) is 1.97. The first kappa shape index (κ1) is 26.4. The van der Waals surface area contributed by atoms with Gasteiger partial charge >= 0.3 is 0 Å². The number of ether oxygens (including phenoxy) is 1. The third kappa shape index (κ3) is 5.20. The monoisotopic (exact) mass is 534 g/mol. The highest BCUT2D eigenvalue weighted by atomic mass is 19.1. The van der Waals surface area contributed by atoms with E-state index in [-0.39, 0.29) is 18.5 Å². The number of hydrogen-bond donors (Lipinski definition) is 0. The van der Waals surface area contributed by atoms with Crippen molar-refractivity contribution in [3.63, 3.8) is 0 Å². The maximum absolute atomic E-state index is 13.3. The molecular weight excluding hydrogens is 507 g/mol. The van der Waals surface area contributed by atoms with Crippen LogP contribution >= 0.6 is 0 Å². The molecule has 0 saturated heterocycles. The summed E-state index contributed by atoms with van der Waals surface area (Å²) in [4.78, 5) is 6.78. The van der Waals surface area contributed by atoms with Crippen LogP contribution in [-0.2, 0) is 0 Å². The van der Waals surface area contributed by atoms with Gasteiger partial charge in [-0.1, -0.05) is 12.1 Å².